The van der Waals surface area contributed by atoms with Gasteiger partial charge in [0, 0.05) is 6.54 Å². The number of rotatable bonds is 8. The molecule has 1 N–H and O–H groups in total. The number of hydrogen-bond donors (Lipinski definition) is 1. The second kappa shape index (κ2) is 9.82. The van der Waals surface area contributed by atoms with Gasteiger partial charge in [-0.25, -0.2) is 0 Å². The van der Waals surface area contributed by atoms with Crippen molar-refractivity contribution in [3.63, 3.8) is 0 Å². The number of carbonyl (C=O) groups is 1. The molecule has 0 spiro atoms. The van der Waals surface area contributed by atoms with Gasteiger partial charge in [0.25, 0.3) is 5.91 Å². The molecule has 5 nitrogen and oxygen atoms in total. The number of nitrogens with zero attached hydrogens (tertiary/aromatic N) is 1. The summed E-state index contributed by atoms with van der Waals surface area (Å²) in [6, 6.07) is 14.7. The number of halogens is 3. The van der Waals surface area contributed by atoms with Crippen molar-refractivity contribution in [3.8, 4) is 17.6 Å². The molecule has 1 amide bonds. The normalized spacial score (nSPS) is 12.2. The highest BCUT2D eigenvalue weighted by Gasteiger charge is 2.28. The van der Waals surface area contributed by atoms with Crippen LogP contribution in [0.3, 0.4) is 0 Å². The third kappa shape index (κ3) is 7.03. The molecule has 2 rings (SSSR count). The van der Waals surface area contributed by atoms with E-state index >= 15 is 0 Å². The molecule has 0 aliphatic carbocycles. The fraction of sp³-hybridized carbons (Fsp3) is 0.333. The molecule has 154 valence electrons. The highest BCUT2D eigenvalue weighted by molar-refractivity contribution is 5.81. The average Bonchev–Trinajstić information content (AvgIpc) is 2.68. The fourth-order valence-corrected chi connectivity index (χ4v) is 2.49. The molecule has 0 bridgehead atoms. The molecule has 8 heteroatoms. The summed E-state index contributed by atoms with van der Waals surface area (Å²) in [7, 11) is 0. The summed E-state index contributed by atoms with van der Waals surface area (Å²) in [4.78, 5) is 12.6. The fourth-order valence-electron chi connectivity index (χ4n) is 2.49. The maximum atomic E-state index is 12.6. The van der Waals surface area contributed by atoms with Gasteiger partial charge in [-0.3, -0.25) is 4.79 Å². The van der Waals surface area contributed by atoms with Crippen molar-refractivity contribution >= 4 is 5.91 Å². The van der Waals surface area contributed by atoms with Crippen LogP contribution in [0, 0.1) is 17.2 Å². The van der Waals surface area contributed by atoms with Crippen molar-refractivity contribution in [2.24, 2.45) is 5.92 Å². The van der Waals surface area contributed by atoms with Crippen LogP contribution >= 0.6 is 0 Å². The Morgan fingerprint density at radius 1 is 1.17 bits per heavy atom. The Labute approximate surface area is 167 Å². The maximum Gasteiger partial charge on any atom is 0.422 e. The van der Waals surface area contributed by atoms with E-state index in [1.54, 1.807) is 36.4 Å². The average molecular weight is 406 g/mol. The van der Waals surface area contributed by atoms with E-state index in [2.05, 4.69) is 5.32 Å². The van der Waals surface area contributed by atoms with Gasteiger partial charge < -0.3 is 14.8 Å². The number of amides is 1. The Morgan fingerprint density at radius 3 is 2.55 bits per heavy atom. The topological polar surface area (TPSA) is 71.3 Å². The zero-order chi connectivity index (χ0) is 21.4. The van der Waals surface area contributed by atoms with Gasteiger partial charge in [-0.05, 0) is 35.7 Å². The van der Waals surface area contributed by atoms with E-state index in [0.29, 0.717) is 16.9 Å². The van der Waals surface area contributed by atoms with E-state index < -0.39 is 24.8 Å². The van der Waals surface area contributed by atoms with Crippen LogP contribution in [0.5, 0.6) is 11.5 Å². The lowest BCUT2D eigenvalue weighted by molar-refractivity contribution is -0.153. The zero-order valence-electron chi connectivity index (χ0n) is 16.0. The van der Waals surface area contributed by atoms with Gasteiger partial charge in [-0.15, -0.1) is 0 Å². The van der Waals surface area contributed by atoms with Crippen LogP contribution in [0.1, 0.15) is 25.0 Å². The summed E-state index contributed by atoms with van der Waals surface area (Å²) in [5.74, 6) is -0.197. The second-order valence-electron chi connectivity index (χ2n) is 6.66. The van der Waals surface area contributed by atoms with E-state index in [4.69, 9.17) is 14.7 Å². The van der Waals surface area contributed by atoms with Gasteiger partial charge in [0.2, 0.25) is 0 Å². The number of benzene rings is 2. The number of nitriles is 1. The second-order valence-corrected chi connectivity index (χ2v) is 6.66. The molecule has 0 fully saturated rings. The lowest BCUT2D eigenvalue weighted by Gasteiger charge is -2.22. The van der Waals surface area contributed by atoms with Gasteiger partial charge in [0.05, 0.1) is 5.56 Å². The highest BCUT2D eigenvalue weighted by Crippen LogP contribution is 2.22. The van der Waals surface area contributed by atoms with E-state index in [-0.39, 0.29) is 18.2 Å². The number of hydrogen-bond acceptors (Lipinski definition) is 4. The van der Waals surface area contributed by atoms with Gasteiger partial charge in [-0.2, -0.15) is 18.4 Å². The van der Waals surface area contributed by atoms with E-state index in [0.717, 1.165) is 0 Å². The summed E-state index contributed by atoms with van der Waals surface area (Å²) in [5.41, 5.74) is 0.901. The van der Waals surface area contributed by atoms with Crippen LogP contribution in [-0.2, 0) is 11.3 Å². The van der Waals surface area contributed by atoms with Crippen LogP contribution in [0.25, 0.3) is 0 Å². The van der Waals surface area contributed by atoms with Gasteiger partial charge in [0.15, 0.2) is 12.7 Å². The molecule has 0 aliphatic rings. The Morgan fingerprint density at radius 2 is 1.90 bits per heavy atom. The van der Waals surface area contributed by atoms with Crippen molar-refractivity contribution in [1.29, 1.82) is 5.26 Å². The minimum absolute atomic E-state index is 0.0636. The molecule has 0 saturated carbocycles. The lowest BCUT2D eigenvalue weighted by Crippen LogP contribution is -2.41. The molecule has 0 saturated heterocycles. The number of ether oxygens (including phenoxy) is 2. The van der Waals surface area contributed by atoms with E-state index in [1.807, 2.05) is 19.9 Å². The van der Waals surface area contributed by atoms with Crippen LogP contribution in [-0.4, -0.2) is 24.8 Å². The van der Waals surface area contributed by atoms with Crippen molar-refractivity contribution < 1.29 is 27.4 Å². The number of para-hydroxylation sites is 1. The lowest BCUT2D eigenvalue weighted by atomic mass is 10.1. The molecule has 1 atom stereocenters. The molecule has 0 aliphatic heterocycles. The Bertz CT molecular complexity index is 876. The van der Waals surface area contributed by atoms with E-state index in [9.17, 15) is 18.0 Å². The summed E-state index contributed by atoms with van der Waals surface area (Å²) in [6.07, 6.45) is -5.26. The first-order valence-electron chi connectivity index (χ1n) is 8.91. The molecular formula is C21H21F3N2O3. The summed E-state index contributed by atoms with van der Waals surface area (Å²) < 4.78 is 47.3. The summed E-state index contributed by atoms with van der Waals surface area (Å²) >= 11 is 0. The SMILES string of the molecule is CC(C)C(Oc1ccccc1C#N)C(=O)NCc1cccc(OCC(F)(F)F)c1. The number of carbonyl (C=O) groups excluding carboxylic acids is 1. The molecule has 2 aromatic rings. The van der Waals surface area contributed by atoms with Gasteiger partial charge >= 0.3 is 6.18 Å². The van der Waals surface area contributed by atoms with Crippen molar-refractivity contribution in [1.82, 2.24) is 5.32 Å². The highest BCUT2D eigenvalue weighted by atomic mass is 19.4. The van der Waals surface area contributed by atoms with Gasteiger partial charge in [-0.1, -0.05) is 38.1 Å². The Hall–Kier alpha value is -3.21. The zero-order valence-corrected chi connectivity index (χ0v) is 16.0. The third-order valence-corrected chi connectivity index (χ3v) is 3.89. The third-order valence-electron chi connectivity index (χ3n) is 3.89. The van der Waals surface area contributed by atoms with Crippen molar-refractivity contribution in [2.75, 3.05) is 6.61 Å². The maximum absolute atomic E-state index is 12.6. The molecule has 2 aromatic carbocycles. The first-order valence-corrected chi connectivity index (χ1v) is 8.91. The minimum atomic E-state index is -4.42. The first-order chi connectivity index (χ1) is 13.7. The molecule has 29 heavy (non-hydrogen) atoms. The Kier molecular flexibility index (Phi) is 7.48. The predicted octanol–water partition coefficient (Wildman–Crippen LogP) is 4.22. The quantitative estimate of drug-likeness (QED) is 0.713. The molecule has 0 radical (unpaired) electrons. The Balaban J connectivity index is 2.01. The van der Waals surface area contributed by atoms with Crippen LogP contribution in [0.15, 0.2) is 48.5 Å². The molecular weight excluding hydrogens is 385 g/mol. The van der Waals surface area contributed by atoms with Crippen LogP contribution in [0.4, 0.5) is 13.2 Å². The van der Waals surface area contributed by atoms with Crippen LogP contribution < -0.4 is 14.8 Å². The van der Waals surface area contributed by atoms with E-state index in [1.165, 1.54) is 12.1 Å². The molecule has 1 unspecified atom stereocenters. The smallest absolute Gasteiger partial charge is 0.422 e. The number of nitrogens with one attached hydrogen (secondary N) is 1. The standard InChI is InChI=1S/C21H21F3N2O3/c1-14(2)19(29-18-9-4-3-7-16(18)11-25)20(27)26-12-15-6-5-8-17(10-15)28-13-21(22,23)24/h3-10,14,19H,12-13H2,1-2H3,(H,26,27). The summed E-state index contributed by atoms with van der Waals surface area (Å²) in [6.45, 7) is 2.33. The monoisotopic (exact) mass is 406 g/mol. The van der Waals surface area contributed by atoms with Crippen LogP contribution in [0.2, 0.25) is 0 Å². The first kappa shape index (κ1) is 22.1. The summed E-state index contributed by atoms with van der Waals surface area (Å²) in [5, 5.41) is 11.9. The predicted molar refractivity (Wildman–Crippen MR) is 100 cm³/mol. The molecule has 0 aromatic heterocycles. The number of alkyl halides is 3. The van der Waals surface area contributed by atoms with Gasteiger partial charge in [0.1, 0.15) is 17.6 Å². The minimum Gasteiger partial charge on any atom is -0.484 e. The van der Waals surface area contributed by atoms with Crippen molar-refractivity contribution in [3.05, 3.63) is 59.7 Å². The molecule has 0 heterocycles. The largest absolute Gasteiger partial charge is 0.484 e. The van der Waals surface area contributed by atoms with Crippen molar-refractivity contribution in [2.45, 2.75) is 32.7 Å².